The van der Waals surface area contributed by atoms with Gasteiger partial charge in [0.2, 0.25) is 0 Å². The number of allylic oxidation sites excluding steroid dienone is 1. The minimum absolute atomic E-state index is 0.121. The molecule has 1 saturated heterocycles. The Kier molecular flexibility index (Phi) is 5.92. The third kappa shape index (κ3) is 4.59. The maximum atomic E-state index is 5.88. The van der Waals surface area contributed by atoms with Crippen molar-refractivity contribution in [2.24, 2.45) is 0 Å². The van der Waals surface area contributed by atoms with Crippen molar-refractivity contribution in [1.29, 1.82) is 0 Å². The van der Waals surface area contributed by atoms with Gasteiger partial charge in [-0.15, -0.1) is 0 Å². The maximum Gasteiger partial charge on any atom is 0.174 e. The molecule has 0 bridgehead atoms. The Morgan fingerprint density at radius 2 is 1.88 bits per heavy atom. The number of nitrogens with one attached hydrogen (secondary N) is 1. The number of hydrogen-bond donors (Lipinski definition) is 1. The molecule has 3 aromatic rings. The van der Waals surface area contributed by atoms with E-state index in [0.717, 1.165) is 54.2 Å². The van der Waals surface area contributed by atoms with E-state index in [0.29, 0.717) is 11.5 Å². The number of ether oxygens (including phenoxy) is 1. The van der Waals surface area contributed by atoms with Gasteiger partial charge in [0, 0.05) is 49.1 Å². The molecule has 1 aliphatic heterocycles. The molecule has 174 valence electrons. The average molecular weight is 454 g/mol. The second-order valence-corrected chi connectivity index (χ2v) is 9.59. The number of aromatic nitrogens is 3. The van der Waals surface area contributed by atoms with Crippen molar-refractivity contribution in [1.82, 2.24) is 20.3 Å². The Morgan fingerprint density at radius 3 is 2.62 bits per heavy atom. The third-order valence-corrected chi connectivity index (χ3v) is 6.46. The van der Waals surface area contributed by atoms with E-state index in [9.17, 15) is 0 Å². The molecule has 3 heterocycles. The zero-order chi connectivity index (χ0) is 23.7. The normalized spacial score (nSPS) is 17.6. The number of morpholine rings is 1. The zero-order valence-corrected chi connectivity index (χ0v) is 20.1. The molecule has 1 atom stereocenters. The van der Waals surface area contributed by atoms with E-state index in [2.05, 4.69) is 71.8 Å². The number of anilines is 1. The first-order chi connectivity index (χ1) is 16.4. The highest BCUT2D eigenvalue weighted by Crippen LogP contribution is 2.34. The van der Waals surface area contributed by atoms with Crippen molar-refractivity contribution >= 4 is 17.0 Å². The molecule has 1 N–H and O–H groups in total. The molecule has 0 amide bonds. The summed E-state index contributed by atoms with van der Waals surface area (Å²) in [6.45, 7) is 13.0. The smallest absolute Gasteiger partial charge is 0.174 e. The Balaban J connectivity index is 1.32. The van der Waals surface area contributed by atoms with Crippen molar-refractivity contribution in [2.75, 3.05) is 24.6 Å². The van der Waals surface area contributed by atoms with Gasteiger partial charge in [-0.2, -0.15) is 0 Å². The summed E-state index contributed by atoms with van der Waals surface area (Å²) < 4.78 is 5.88. The van der Waals surface area contributed by atoms with Crippen LogP contribution < -0.4 is 10.2 Å². The largest absolute Gasteiger partial charge is 0.376 e. The molecule has 34 heavy (non-hydrogen) atoms. The van der Waals surface area contributed by atoms with Crippen LogP contribution in [0.3, 0.4) is 0 Å². The fourth-order valence-corrected chi connectivity index (χ4v) is 4.64. The number of nitrogens with zero attached hydrogens (tertiary/aromatic N) is 4. The van der Waals surface area contributed by atoms with Crippen LogP contribution in [0.2, 0.25) is 0 Å². The van der Waals surface area contributed by atoms with E-state index < -0.39 is 0 Å². The van der Waals surface area contributed by atoms with Crippen LogP contribution in [0, 0.1) is 0 Å². The van der Waals surface area contributed by atoms with E-state index >= 15 is 0 Å². The van der Waals surface area contributed by atoms with E-state index in [1.165, 1.54) is 5.56 Å². The van der Waals surface area contributed by atoms with Crippen LogP contribution >= 0.6 is 0 Å². The monoisotopic (exact) mass is 453 g/mol. The minimum atomic E-state index is -0.159. The topological polar surface area (TPSA) is 63.2 Å². The van der Waals surface area contributed by atoms with Gasteiger partial charge in [0.1, 0.15) is 0 Å². The van der Waals surface area contributed by atoms with Gasteiger partial charge in [0.15, 0.2) is 5.82 Å². The summed E-state index contributed by atoms with van der Waals surface area (Å²) in [4.78, 5) is 16.3. The highest BCUT2D eigenvalue weighted by molar-refractivity contribution is 5.84. The summed E-state index contributed by atoms with van der Waals surface area (Å²) in [5.41, 5.74) is 7.27. The van der Waals surface area contributed by atoms with Crippen molar-refractivity contribution in [3.63, 3.8) is 0 Å². The first kappa shape index (κ1) is 22.3. The Hall–Kier alpha value is -3.51. The lowest BCUT2D eigenvalue weighted by molar-refractivity contribution is -0.0277. The van der Waals surface area contributed by atoms with Gasteiger partial charge in [-0.1, -0.05) is 43.0 Å². The molecule has 1 aromatic carbocycles. The highest BCUT2D eigenvalue weighted by atomic mass is 16.5. The molecular weight excluding hydrogens is 422 g/mol. The second kappa shape index (κ2) is 9.03. The molecular formula is C28H31N5O. The van der Waals surface area contributed by atoms with Crippen molar-refractivity contribution in [3.8, 4) is 0 Å². The van der Waals surface area contributed by atoms with E-state index in [4.69, 9.17) is 9.72 Å². The molecule has 6 nitrogen and oxygen atoms in total. The van der Waals surface area contributed by atoms with E-state index in [1.807, 2.05) is 36.8 Å². The van der Waals surface area contributed by atoms with Gasteiger partial charge in [0.25, 0.3) is 0 Å². The lowest BCUT2D eigenvalue weighted by Crippen LogP contribution is -2.48. The molecule has 1 fully saturated rings. The third-order valence-electron chi connectivity index (χ3n) is 6.46. The molecule has 2 aromatic heterocycles. The van der Waals surface area contributed by atoms with Gasteiger partial charge < -0.3 is 15.0 Å². The maximum absolute atomic E-state index is 5.88. The van der Waals surface area contributed by atoms with Gasteiger partial charge in [-0.3, -0.25) is 4.98 Å². The van der Waals surface area contributed by atoms with Gasteiger partial charge in [0.05, 0.1) is 35.5 Å². The van der Waals surface area contributed by atoms with Gasteiger partial charge in [-0.25, -0.2) is 9.97 Å². The highest BCUT2D eigenvalue weighted by Gasteiger charge is 2.28. The molecule has 2 aliphatic rings. The molecule has 0 unspecified atom stereocenters. The average Bonchev–Trinajstić information content (AvgIpc) is 3.27. The summed E-state index contributed by atoms with van der Waals surface area (Å²) in [5, 5.41) is 3.41. The first-order valence-corrected chi connectivity index (χ1v) is 11.8. The number of fused-ring (bicyclic) bond motifs is 1. The fourth-order valence-electron chi connectivity index (χ4n) is 4.64. The predicted molar refractivity (Wildman–Crippen MR) is 136 cm³/mol. The number of rotatable bonds is 6. The van der Waals surface area contributed by atoms with Crippen LogP contribution in [0.25, 0.3) is 11.3 Å². The van der Waals surface area contributed by atoms with Crippen LogP contribution in [0.1, 0.15) is 55.0 Å². The quantitative estimate of drug-likeness (QED) is 0.579. The first-order valence-electron chi connectivity index (χ1n) is 11.8. The van der Waals surface area contributed by atoms with Crippen molar-refractivity contribution < 1.29 is 4.74 Å². The van der Waals surface area contributed by atoms with Crippen LogP contribution in [-0.2, 0) is 11.2 Å². The van der Waals surface area contributed by atoms with Gasteiger partial charge in [-0.05, 0) is 38.0 Å². The molecule has 1 aliphatic carbocycles. The van der Waals surface area contributed by atoms with Crippen molar-refractivity contribution in [3.05, 3.63) is 95.9 Å². The molecule has 0 saturated carbocycles. The van der Waals surface area contributed by atoms with Crippen LogP contribution in [0.15, 0.2) is 67.6 Å². The standard InChI is InChI=1S/C28H31N5O/c1-19(21-8-6-5-7-9-21)32-20(2)27-30-15-22(16-31-27)24-10-11-26-25(24)14-23(17-29-26)33-12-13-34-28(3,4)18-33/h5-10,14-17,19,32H,2,11-13,18H2,1,3-4H3/t19-/m0/s1. The predicted octanol–water partition coefficient (Wildman–Crippen LogP) is 4.80. The summed E-state index contributed by atoms with van der Waals surface area (Å²) in [7, 11) is 0. The van der Waals surface area contributed by atoms with Crippen LogP contribution in [0.5, 0.6) is 0 Å². The molecule has 6 heteroatoms. The van der Waals surface area contributed by atoms with Crippen molar-refractivity contribution in [2.45, 2.75) is 38.8 Å². The summed E-state index contributed by atoms with van der Waals surface area (Å²) in [6.07, 6.45) is 8.79. The molecule has 0 spiro atoms. The molecule has 0 radical (unpaired) electrons. The Labute approximate surface area is 201 Å². The van der Waals surface area contributed by atoms with E-state index in [1.54, 1.807) is 0 Å². The number of benzene rings is 1. The van der Waals surface area contributed by atoms with Crippen LogP contribution in [0.4, 0.5) is 5.69 Å². The number of hydrogen-bond acceptors (Lipinski definition) is 6. The summed E-state index contributed by atoms with van der Waals surface area (Å²) in [6, 6.07) is 12.7. The Bertz CT molecular complexity index is 1220. The summed E-state index contributed by atoms with van der Waals surface area (Å²) >= 11 is 0. The van der Waals surface area contributed by atoms with Gasteiger partial charge >= 0.3 is 0 Å². The number of pyridine rings is 1. The summed E-state index contributed by atoms with van der Waals surface area (Å²) in [5.74, 6) is 0.604. The fraction of sp³-hybridized carbons (Fsp3) is 0.321. The molecule has 5 rings (SSSR count). The van der Waals surface area contributed by atoms with Crippen LogP contribution in [-0.4, -0.2) is 40.2 Å². The second-order valence-electron chi connectivity index (χ2n) is 9.59. The lowest BCUT2D eigenvalue weighted by Gasteiger charge is -2.39. The van der Waals surface area contributed by atoms with E-state index in [-0.39, 0.29) is 11.6 Å². The Morgan fingerprint density at radius 1 is 1.12 bits per heavy atom. The zero-order valence-electron chi connectivity index (χ0n) is 20.1. The SMILES string of the molecule is C=C(N[C@@H](C)c1ccccc1)c1ncc(C2=CCc3ncc(N4CCOC(C)(C)C4)cc32)cn1. The lowest BCUT2D eigenvalue weighted by atomic mass is 10.0. The minimum Gasteiger partial charge on any atom is -0.376 e.